The van der Waals surface area contributed by atoms with Gasteiger partial charge in [0.25, 0.3) is 5.91 Å². The zero-order valence-corrected chi connectivity index (χ0v) is 17.1. The molecule has 0 unspecified atom stereocenters. The van der Waals surface area contributed by atoms with Gasteiger partial charge in [-0.05, 0) is 24.3 Å². The van der Waals surface area contributed by atoms with Crippen molar-refractivity contribution < 1.29 is 9.59 Å². The number of amides is 2. The van der Waals surface area contributed by atoms with Gasteiger partial charge in [-0.25, -0.2) is 0 Å². The quantitative estimate of drug-likeness (QED) is 0.659. The molecule has 0 radical (unpaired) electrons. The number of piperazine rings is 1. The number of halogens is 2. The van der Waals surface area contributed by atoms with Crippen molar-refractivity contribution in [1.29, 1.82) is 0 Å². The molecule has 0 atom stereocenters. The Balaban J connectivity index is 1.31. The van der Waals surface area contributed by atoms with E-state index in [0.717, 1.165) is 10.9 Å². The molecule has 0 saturated carbocycles. The molecule has 2 heterocycles. The van der Waals surface area contributed by atoms with Gasteiger partial charge in [0.2, 0.25) is 5.91 Å². The van der Waals surface area contributed by atoms with E-state index in [2.05, 4.69) is 10.3 Å². The van der Waals surface area contributed by atoms with Crippen molar-refractivity contribution in [1.82, 2.24) is 14.8 Å². The van der Waals surface area contributed by atoms with Gasteiger partial charge in [0.05, 0.1) is 22.3 Å². The molecule has 2 aromatic carbocycles. The van der Waals surface area contributed by atoms with Gasteiger partial charge in [-0.15, -0.1) is 0 Å². The van der Waals surface area contributed by atoms with Crippen LogP contribution in [-0.2, 0) is 4.79 Å². The number of anilines is 1. The Morgan fingerprint density at radius 2 is 1.76 bits per heavy atom. The van der Waals surface area contributed by atoms with Gasteiger partial charge in [-0.2, -0.15) is 0 Å². The molecule has 1 aromatic heterocycles. The van der Waals surface area contributed by atoms with Crippen LogP contribution in [0.4, 0.5) is 5.69 Å². The largest absolute Gasteiger partial charge is 0.351 e. The number of para-hydroxylation sites is 1. The number of hydrogen-bond donors (Lipinski definition) is 2. The topological polar surface area (TPSA) is 68.4 Å². The van der Waals surface area contributed by atoms with Gasteiger partial charge in [0.1, 0.15) is 5.69 Å². The van der Waals surface area contributed by atoms with Crippen LogP contribution < -0.4 is 5.32 Å². The number of aromatic amines is 1. The highest BCUT2D eigenvalue weighted by Gasteiger charge is 2.24. The highest BCUT2D eigenvalue weighted by molar-refractivity contribution is 6.44. The molecule has 1 fully saturated rings. The number of rotatable bonds is 4. The molecule has 1 aliphatic heterocycles. The fourth-order valence-electron chi connectivity index (χ4n) is 3.46. The van der Waals surface area contributed by atoms with Gasteiger partial charge in [-0.1, -0.05) is 47.5 Å². The van der Waals surface area contributed by atoms with Crippen LogP contribution in [0, 0.1) is 0 Å². The average Bonchev–Trinajstić information content (AvgIpc) is 3.16. The summed E-state index contributed by atoms with van der Waals surface area (Å²) in [6.45, 7) is 2.63. The fourth-order valence-corrected chi connectivity index (χ4v) is 3.81. The number of nitrogens with zero attached hydrogens (tertiary/aromatic N) is 2. The maximum Gasteiger partial charge on any atom is 0.270 e. The molecule has 0 aliphatic carbocycles. The Morgan fingerprint density at radius 3 is 2.52 bits per heavy atom. The van der Waals surface area contributed by atoms with Crippen LogP contribution in [-0.4, -0.2) is 59.3 Å². The van der Waals surface area contributed by atoms with Gasteiger partial charge in [0, 0.05) is 37.1 Å². The van der Waals surface area contributed by atoms with Crippen molar-refractivity contribution in [3.63, 3.8) is 0 Å². The van der Waals surface area contributed by atoms with Crippen molar-refractivity contribution in [2.24, 2.45) is 0 Å². The summed E-state index contributed by atoms with van der Waals surface area (Å²) in [6.07, 6.45) is 0. The van der Waals surface area contributed by atoms with E-state index in [-0.39, 0.29) is 18.4 Å². The predicted molar refractivity (Wildman–Crippen MR) is 116 cm³/mol. The number of carbonyl (C=O) groups excluding carboxylic acids is 2. The van der Waals surface area contributed by atoms with Crippen LogP contribution >= 0.6 is 23.2 Å². The monoisotopic (exact) mass is 430 g/mol. The molecule has 29 heavy (non-hydrogen) atoms. The smallest absolute Gasteiger partial charge is 0.270 e. The summed E-state index contributed by atoms with van der Waals surface area (Å²) < 4.78 is 0. The summed E-state index contributed by atoms with van der Waals surface area (Å²) in [5.41, 5.74) is 2.04. The lowest BCUT2D eigenvalue weighted by atomic mass is 10.2. The van der Waals surface area contributed by atoms with Crippen LogP contribution in [0.3, 0.4) is 0 Å². The van der Waals surface area contributed by atoms with E-state index in [1.807, 2.05) is 40.1 Å². The lowest BCUT2D eigenvalue weighted by Gasteiger charge is -2.34. The molecule has 0 spiro atoms. The maximum absolute atomic E-state index is 12.8. The lowest BCUT2D eigenvalue weighted by Crippen LogP contribution is -2.50. The highest BCUT2D eigenvalue weighted by Crippen LogP contribution is 2.29. The van der Waals surface area contributed by atoms with Crippen LogP contribution in [0.15, 0.2) is 48.5 Å². The zero-order chi connectivity index (χ0) is 20.4. The van der Waals surface area contributed by atoms with Crippen molar-refractivity contribution in [3.8, 4) is 0 Å². The minimum Gasteiger partial charge on any atom is -0.351 e. The van der Waals surface area contributed by atoms with E-state index in [0.29, 0.717) is 47.6 Å². The van der Waals surface area contributed by atoms with Gasteiger partial charge in [-0.3, -0.25) is 14.5 Å². The number of aromatic nitrogens is 1. The summed E-state index contributed by atoms with van der Waals surface area (Å²) in [7, 11) is 0. The molecule has 3 aromatic rings. The van der Waals surface area contributed by atoms with E-state index in [9.17, 15) is 9.59 Å². The molecule has 8 heteroatoms. The van der Waals surface area contributed by atoms with E-state index in [1.165, 1.54) is 0 Å². The second-order valence-corrected chi connectivity index (χ2v) is 7.77. The minimum absolute atomic E-state index is 0.0176. The third-order valence-corrected chi connectivity index (χ3v) is 5.83. The lowest BCUT2D eigenvalue weighted by molar-refractivity contribution is -0.117. The Morgan fingerprint density at radius 1 is 1.00 bits per heavy atom. The second-order valence-electron chi connectivity index (χ2n) is 6.99. The predicted octanol–water partition coefficient (Wildman–Crippen LogP) is 3.87. The number of nitrogens with one attached hydrogen (secondary N) is 2. The van der Waals surface area contributed by atoms with E-state index < -0.39 is 0 Å². The molecule has 6 nitrogen and oxygen atoms in total. The molecule has 0 bridgehead atoms. The summed E-state index contributed by atoms with van der Waals surface area (Å²) in [5, 5.41) is 4.54. The molecule has 1 aliphatic rings. The van der Waals surface area contributed by atoms with Crippen LogP contribution in [0.5, 0.6) is 0 Å². The third-order valence-electron chi connectivity index (χ3n) is 5.01. The Hall–Kier alpha value is -2.54. The molecule has 2 N–H and O–H groups in total. The molecule has 2 amide bonds. The molecular formula is C21H20Cl2N4O2. The van der Waals surface area contributed by atoms with Crippen LogP contribution in [0.25, 0.3) is 10.9 Å². The zero-order valence-electron chi connectivity index (χ0n) is 15.6. The number of carbonyl (C=O) groups is 2. The first-order chi connectivity index (χ1) is 14.0. The Labute approximate surface area is 178 Å². The normalized spacial score (nSPS) is 14.9. The molecule has 1 saturated heterocycles. The van der Waals surface area contributed by atoms with Crippen LogP contribution in [0.1, 0.15) is 10.5 Å². The summed E-state index contributed by atoms with van der Waals surface area (Å²) in [5.74, 6) is -0.180. The number of hydrogen-bond acceptors (Lipinski definition) is 3. The first-order valence-corrected chi connectivity index (χ1v) is 10.1. The van der Waals surface area contributed by atoms with Crippen molar-refractivity contribution in [3.05, 3.63) is 64.3 Å². The van der Waals surface area contributed by atoms with Crippen LogP contribution in [0.2, 0.25) is 10.0 Å². The Kier molecular flexibility index (Phi) is 5.76. The summed E-state index contributed by atoms with van der Waals surface area (Å²) >= 11 is 12.1. The molecule has 4 rings (SSSR count). The first kappa shape index (κ1) is 19.8. The number of fused-ring (bicyclic) bond motifs is 1. The van der Waals surface area contributed by atoms with E-state index in [4.69, 9.17) is 23.2 Å². The third kappa shape index (κ3) is 4.40. The molecular weight excluding hydrogens is 411 g/mol. The van der Waals surface area contributed by atoms with Crippen molar-refractivity contribution in [2.75, 3.05) is 38.0 Å². The Bertz CT molecular complexity index is 1020. The van der Waals surface area contributed by atoms with Crippen molar-refractivity contribution >= 4 is 51.6 Å². The second kappa shape index (κ2) is 8.45. The summed E-state index contributed by atoms with van der Waals surface area (Å²) in [6, 6.07) is 14.8. The maximum atomic E-state index is 12.8. The van der Waals surface area contributed by atoms with E-state index in [1.54, 1.807) is 18.2 Å². The average molecular weight is 431 g/mol. The minimum atomic E-state index is -0.162. The summed E-state index contributed by atoms with van der Waals surface area (Å²) in [4.78, 5) is 32.1. The van der Waals surface area contributed by atoms with E-state index >= 15 is 0 Å². The highest BCUT2D eigenvalue weighted by atomic mass is 35.5. The fraction of sp³-hybridized carbons (Fsp3) is 0.238. The molecule has 150 valence electrons. The van der Waals surface area contributed by atoms with Crippen molar-refractivity contribution in [2.45, 2.75) is 0 Å². The van der Waals surface area contributed by atoms with Gasteiger partial charge >= 0.3 is 0 Å². The van der Waals surface area contributed by atoms with Gasteiger partial charge < -0.3 is 15.2 Å². The van der Waals surface area contributed by atoms with Gasteiger partial charge in [0.15, 0.2) is 0 Å². The number of benzene rings is 2. The number of H-pyrrole nitrogens is 1. The standard InChI is InChI=1S/C21H20Cl2N4O2/c22-15-5-3-7-17(20(15)23)25-19(28)13-26-8-10-27(11-9-26)21(29)18-12-14-4-1-2-6-16(14)24-18/h1-7,12,24H,8-11,13H2,(H,25,28). The SMILES string of the molecule is O=C(CN1CCN(C(=O)c2cc3ccccc3[nH]2)CC1)Nc1cccc(Cl)c1Cl. The first-order valence-electron chi connectivity index (χ1n) is 9.34.